The Morgan fingerprint density at radius 1 is 1.04 bits per heavy atom. The Hall–Kier alpha value is -2.99. The van der Waals surface area contributed by atoms with E-state index in [-0.39, 0.29) is 10.6 Å². The number of amides is 1. The van der Waals surface area contributed by atoms with Crippen LogP contribution in [-0.4, -0.2) is 25.8 Å². The van der Waals surface area contributed by atoms with E-state index in [1.807, 2.05) is 10.0 Å². The van der Waals surface area contributed by atoms with E-state index in [0.29, 0.717) is 6.07 Å². The summed E-state index contributed by atoms with van der Waals surface area (Å²) >= 11 is 0. The summed E-state index contributed by atoms with van der Waals surface area (Å²) in [5.41, 5.74) is -0.987. The van der Waals surface area contributed by atoms with Gasteiger partial charge in [-0.25, -0.2) is 26.3 Å². The molecule has 26 heavy (non-hydrogen) atoms. The van der Waals surface area contributed by atoms with Crippen LogP contribution in [-0.2, 0) is 14.8 Å². The largest absolute Gasteiger partial charge is 0.322 e. The zero-order valence-corrected chi connectivity index (χ0v) is 13.5. The zero-order valence-electron chi connectivity index (χ0n) is 12.7. The third-order valence-electron chi connectivity index (χ3n) is 3.09. The number of hydrogen-bond donors (Lipinski definition) is 2. The molecule has 0 fully saturated rings. The molecular formula is C14H10F3N3O5S. The molecular weight excluding hydrogens is 379 g/mol. The summed E-state index contributed by atoms with van der Waals surface area (Å²) in [6, 6.07) is 5.23. The molecule has 2 aromatic carbocycles. The van der Waals surface area contributed by atoms with Crippen molar-refractivity contribution < 1.29 is 31.3 Å². The number of halogens is 3. The van der Waals surface area contributed by atoms with Crippen LogP contribution in [0.4, 0.5) is 24.5 Å². The number of rotatable bonds is 6. The van der Waals surface area contributed by atoms with Crippen molar-refractivity contribution in [2.75, 3.05) is 11.9 Å². The summed E-state index contributed by atoms with van der Waals surface area (Å²) in [5.74, 6) is -5.90. The predicted molar refractivity (Wildman–Crippen MR) is 83.2 cm³/mol. The van der Waals surface area contributed by atoms with Crippen LogP contribution < -0.4 is 10.0 Å². The summed E-state index contributed by atoms with van der Waals surface area (Å²) in [6.07, 6.45) is 0. The first-order valence-corrected chi connectivity index (χ1v) is 8.27. The van der Waals surface area contributed by atoms with Gasteiger partial charge in [0.05, 0.1) is 22.1 Å². The number of carbonyl (C=O) groups is 1. The smallest absolute Gasteiger partial charge is 0.269 e. The van der Waals surface area contributed by atoms with Crippen LogP contribution in [0.2, 0.25) is 0 Å². The van der Waals surface area contributed by atoms with E-state index in [9.17, 15) is 36.5 Å². The number of nitrogens with one attached hydrogen (secondary N) is 2. The number of non-ortho nitro benzene ring substituents is 1. The zero-order chi connectivity index (χ0) is 19.5. The molecule has 2 N–H and O–H groups in total. The van der Waals surface area contributed by atoms with Crippen LogP contribution in [0.25, 0.3) is 0 Å². The summed E-state index contributed by atoms with van der Waals surface area (Å²) < 4.78 is 65.2. The fourth-order valence-corrected chi connectivity index (χ4v) is 2.79. The molecule has 1 amide bonds. The van der Waals surface area contributed by atoms with Crippen LogP contribution in [0.3, 0.4) is 0 Å². The van der Waals surface area contributed by atoms with Crippen molar-refractivity contribution in [2.24, 2.45) is 0 Å². The van der Waals surface area contributed by atoms with E-state index in [0.717, 1.165) is 30.3 Å². The molecule has 0 aliphatic carbocycles. The number of nitro benzene ring substituents is 1. The molecule has 0 aliphatic heterocycles. The first kappa shape index (κ1) is 19.3. The van der Waals surface area contributed by atoms with Crippen molar-refractivity contribution in [3.05, 3.63) is 64.0 Å². The van der Waals surface area contributed by atoms with E-state index < -0.39 is 50.5 Å². The second-order valence-corrected chi connectivity index (χ2v) is 6.61. The highest BCUT2D eigenvalue weighted by atomic mass is 32.2. The van der Waals surface area contributed by atoms with Crippen molar-refractivity contribution in [2.45, 2.75) is 4.90 Å². The quantitative estimate of drug-likeness (QED) is 0.445. The van der Waals surface area contributed by atoms with Crippen molar-refractivity contribution >= 4 is 27.3 Å². The van der Waals surface area contributed by atoms with Crippen LogP contribution in [0, 0.1) is 27.6 Å². The highest BCUT2D eigenvalue weighted by Gasteiger charge is 2.19. The minimum atomic E-state index is -4.18. The van der Waals surface area contributed by atoms with E-state index in [1.54, 1.807) is 0 Å². The maximum atomic E-state index is 13.4. The Balaban J connectivity index is 2.04. The second-order valence-electron chi connectivity index (χ2n) is 4.85. The Kier molecular flexibility index (Phi) is 5.57. The first-order chi connectivity index (χ1) is 12.1. The number of nitrogens with zero attached hydrogens (tertiary/aromatic N) is 1. The lowest BCUT2D eigenvalue weighted by Gasteiger charge is -2.09. The van der Waals surface area contributed by atoms with Gasteiger partial charge in [-0.1, -0.05) is 0 Å². The highest BCUT2D eigenvalue weighted by Crippen LogP contribution is 2.19. The molecule has 12 heteroatoms. The third-order valence-corrected chi connectivity index (χ3v) is 4.51. The molecule has 0 atom stereocenters. The predicted octanol–water partition coefficient (Wildman–Crippen LogP) is 1.93. The van der Waals surface area contributed by atoms with Gasteiger partial charge in [0.2, 0.25) is 15.9 Å². The first-order valence-electron chi connectivity index (χ1n) is 6.79. The van der Waals surface area contributed by atoms with Gasteiger partial charge in [0.15, 0.2) is 17.5 Å². The molecule has 0 heterocycles. The van der Waals surface area contributed by atoms with Crippen LogP contribution in [0.1, 0.15) is 0 Å². The van der Waals surface area contributed by atoms with E-state index in [2.05, 4.69) is 0 Å². The van der Waals surface area contributed by atoms with Gasteiger partial charge in [-0.2, -0.15) is 0 Å². The average Bonchev–Trinajstić information content (AvgIpc) is 2.60. The summed E-state index contributed by atoms with van der Waals surface area (Å²) in [5, 5.41) is 12.4. The Labute approximate surface area is 144 Å². The molecule has 2 rings (SSSR count). The molecule has 0 aliphatic rings. The van der Waals surface area contributed by atoms with Crippen molar-refractivity contribution in [3.63, 3.8) is 0 Å². The fourth-order valence-electron chi connectivity index (χ4n) is 1.81. The Morgan fingerprint density at radius 2 is 1.65 bits per heavy atom. The van der Waals surface area contributed by atoms with Gasteiger partial charge in [-0.05, 0) is 24.3 Å². The molecule has 0 spiro atoms. The van der Waals surface area contributed by atoms with E-state index in [1.165, 1.54) is 0 Å². The fraction of sp³-hybridized carbons (Fsp3) is 0.0714. The van der Waals surface area contributed by atoms with Crippen LogP contribution >= 0.6 is 0 Å². The maximum Gasteiger partial charge on any atom is 0.269 e. The number of hydrogen-bond acceptors (Lipinski definition) is 5. The van der Waals surface area contributed by atoms with E-state index >= 15 is 0 Å². The van der Waals surface area contributed by atoms with Crippen molar-refractivity contribution in [1.29, 1.82) is 0 Å². The van der Waals surface area contributed by atoms with Gasteiger partial charge in [-0.3, -0.25) is 14.9 Å². The summed E-state index contributed by atoms with van der Waals surface area (Å²) in [7, 11) is -4.18. The molecule has 2 aromatic rings. The van der Waals surface area contributed by atoms with E-state index in [4.69, 9.17) is 0 Å². The number of benzene rings is 2. The number of nitro groups is 1. The maximum absolute atomic E-state index is 13.4. The van der Waals surface area contributed by atoms with Gasteiger partial charge in [0, 0.05) is 12.1 Å². The average molecular weight is 389 g/mol. The summed E-state index contributed by atoms with van der Waals surface area (Å²) in [4.78, 5) is 21.1. The van der Waals surface area contributed by atoms with Crippen molar-refractivity contribution in [3.8, 4) is 0 Å². The van der Waals surface area contributed by atoms with Crippen molar-refractivity contribution in [1.82, 2.24) is 4.72 Å². The molecule has 0 saturated heterocycles. The third kappa shape index (κ3) is 4.34. The Bertz CT molecular complexity index is 965. The normalized spacial score (nSPS) is 11.2. The molecule has 0 aromatic heterocycles. The van der Waals surface area contributed by atoms with Crippen LogP contribution in [0.15, 0.2) is 41.3 Å². The standard InChI is InChI=1S/C14H10F3N3O5S/c15-10-5-6-11(14(17)13(10)16)19-12(21)7-18-26(24,25)9-3-1-8(2-4-9)20(22)23/h1-6,18H,7H2,(H,19,21). The molecule has 8 nitrogen and oxygen atoms in total. The lowest BCUT2D eigenvalue weighted by atomic mass is 10.3. The topological polar surface area (TPSA) is 118 Å². The van der Waals surface area contributed by atoms with Gasteiger partial charge in [0.25, 0.3) is 5.69 Å². The van der Waals surface area contributed by atoms with Gasteiger partial charge in [-0.15, -0.1) is 0 Å². The molecule has 0 bridgehead atoms. The number of carbonyl (C=O) groups excluding carboxylic acids is 1. The lowest BCUT2D eigenvalue weighted by Crippen LogP contribution is -2.33. The minimum Gasteiger partial charge on any atom is -0.322 e. The molecule has 0 unspecified atom stereocenters. The minimum absolute atomic E-state index is 0.324. The lowest BCUT2D eigenvalue weighted by molar-refractivity contribution is -0.384. The van der Waals surface area contributed by atoms with Gasteiger partial charge in [0.1, 0.15) is 0 Å². The SMILES string of the molecule is O=C(CNS(=O)(=O)c1ccc([N+](=O)[O-])cc1)Nc1ccc(F)c(F)c1F. The number of sulfonamides is 1. The van der Waals surface area contributed by atoms with Crippen LogP contribution in [0.5, 0.6) is 0 Å². The monoisotopic (exact) mass is 389 g/mol. The highest BCUT2D eigenvalue weighted by molar-refractivity contribution is 7.89. The molecule has 0 saturated carbocycles. The molecule has 0 radical (unpaired) electrons. The number of anilines is 1. The molecule has 138 valence electrons. The van der Waals surface area contributed by atoms with Gasteiger partial charge >= 0.3 is 0 Å². The Morgan fingerprint density at radius 3 is 2.23 bits per heavy atom. The second kappa shape index (κ2) is 7.49. The van der Waals surface area contributed by atoms with Gasteiger partial charge < -0.3 is 5.32 Å². The summed E-state index contributed by atoms with van der Waals surface area (Å²) in [6.45, 7) is -0.836.